The zero-order valence-corrected chi connectivity index (χ0v) is 13.4. The van der Waals surface area contributed by atoms with Crippen LogP contribution in [0.25, 0.3) is 0 Å². The molecule has 2 N–H and O–H groups in total. The molecule has 3 rings (SSSR count). The van der Waals surface area contributed by atoms with Crippen molar-refractivity contribution < 1.29 is 9.47 Å². The summed E-state index contributed by atoms with van der Waals surface area (Å²) < 4.78 is 11.7. The molecule has 1 aromatic carbocycles. The van der Waals surface area contributed by atoms with E-state index >= 15 is 0 Å². The molecule has 0 aliphatic heterocycles. The van der Waals surface area contributed by atoms with Crippen LogP contribution in [0.5, 0.6) is 11.5 Å². The Morgan fingerprint density at radius 1 is 1.14 bits per heavy atom. The van der Waals surface area contributed by atoms with E-state index in [4.69, 9.17) is 26.8 Å². The predicted octanol–water partition coefficient (Wildman–Crippen LogP) is 4.40. The number of ether oxygens (including phenoxy) is 2. The number of hydrogen-bond acceptors (Lipinski definition) is 3. The lowest BCUT2D eigenvalue weighted by atomic mass is 9.77. The summed E-state index contributed by atoms with van der Waals surface area (Å²) in [6, 6.07) is 3.80. The molecule has 3 nitrogen and oxygen atoms in total. The Hall–Kier alpha value is -0.930. The molecular formula is C17H24ClNO2. The van der Waals surface area contributed by atoms with Crippen LogP contribution in [0.2, 0.25) is 5.02 Å². The highest BCUT2D eigenvalue weighted by Gasteiger charge is 2.35. The first kappa shape index (κ1) is 15.0. The van der Waals surface area contributed by atoms with Crippen molar-refractivity contribution in [3.63, 3.8) is 0 Å². The Kier molecular flexibility index (Phi) is 4.32. The van der Waals surface area contributed by atoms with Crippen LogP contribution in [0.3, 0.4) is 0 Å². The summed E-state index contributed by atoms with van der Waals surface area (Å²) in [5.74, 6) is 1.52. The maximum absolute atomic E-state index is 6.71. The molecule has 0 unspecified atom stereocenters. The molecular weight excluding hydrogens is 286 g/mol. The quantitative estimate of drug-likeness (QED) is 0.896. The van der Waals surface area contributed by atoms with E-state index in [1.165, 1.54) is 12.8 Å². The van der Waals surface area contributed by atoms with Crippen molar-refractivity contribution in [3.05, 3.63) is 22.7 Å². The highest BCUT2D eigenvalue weighted by Crippen LogP contribution is 2.46. The van der Waals surface area contributed by atoms with Crippen LogP contribution in [0.15, 0.2) is 12.1 Å². The Balaban J connectivity index is 2.01. The number of rotatable bonds is 4. The first-order valence-corrected chi connectivity index (χ1v) is 8.34. The first-order chi connectivity index (χ1) is 10.1. The van der Waals surface area contributed by atoms with Gasteiger partial charge in [-0.2, -0.15) is 0 Å². The van der Waals surface area contributed by atoms with E-state index in [9.17, 15) is 0 Å². The van der Waals surface area contributed by atoms with Crippen molar-refractivity contribution in [3.8, 4) is 11.5 Å². The second-order valence-electron chi connectivity index (χ2n) is 6.37. The summed E-state index contributed by atoms with van der Waals surface area (Å²) in [4.78, 5) is 0. The molecule has 0 saturated heterocycles. The van der Waals surface area contributed by atoms with E-state index in [0.717, 1.165) is 49.8 Å². The number of methoxy groups -OCH3 is 1. The van der Waals surface area contributed by atoms with Crippen molar-refractivity contribution in [2.24, 2.45) is 5.73 Å². The van der Waals surface area contributed by atoms with Gasteiger partial charge in [-0.15, -0.1) is 0 Å². The molecule has 0 atom stereocenters. The lowest BCUT2D eigenvalue weighted by molar-refractivity contribution is 0.111. The summed E-state index contributed by atoms with van der Waals surface area (Å²) in [5.41, 5.74) is 7.40. The zero-order valence-electron chi connectivity index (χ0n) is 12.7. The van der Waals surface area contributed by atoms with Crippen LogP contribution in [0.1, 0.15) is 56.9 Å². The normalized spacial score (nSPS) is 21.7. The van der Waals surface area contributed by atoms with Crippen molar-refractivity contribution in [2.75, 3.05) is 7.11 Å². The van der Waals surface area contributed by atoms with Gasteiger partial charge in [-0.3, -0.25) is 0 Å². The van der Waals surface area contributed by atoms with Crippen LogP contribution in [-0.4, -0.2) is 13.2 Å². The molecule has 2 aliphatic rings. The molecule has 2 saturated carbocycles. The lowest BCUT2D eigenvalue weighted by Gasteiger charge is -2.37. The molecule has 0 spiro atoms. The Bertz CT molecular complexity index is 508. The molecule has 0 heterocycles. The average Bonchev–Trinajstić information content (AvgIpc) is 2.44. The zero-order chi connectivity index (χ0) is 14.9. The monoisotopic (exact) mass is 309 g/mol. The Labute approximate surface area is 131 Å². The summed E-state index contributed by atoms with van der Waals surface area (Å²) in [6.07, 6.45) is 9.31. The molecule has 21 heavy (non-hydrogen) atoms. The van der Waals surface area contributed by atoms with Crippen LogP contribution in [0.4, 0.5) is 0 Å². The fourth-order valence-electron chi connectivity index (χ4n) is 3.32. The third-order valence-corrected chi connectivity index (χ3v) is 5.08. The molecule has 116 valence electrons. The van der Waals surface area contributed by atoms with E-state index in [-0.39, 0.29) is 5.54 Å². The van der Waals surface area contributed by atoms with Gasteiger partial charge < -0.3 is 15.2 Å². The molecule has 1 aromatic rings. The summed E-state index contributed by atoms with van der Waals surface area (Å²) in [5, 5.41) is 0.665. The van der Waals surface area contributed by atoms with E-state index in [2.05, 4.69) is 0 Å². The van der Waals surface area contributed by atoms with Crippen molar-refractivity contribution >= 4 is 11.6 Å². The van der Waals surface area contributed by atoms with Gasteiger partial charge in [-0.1, -0.05) is 30.9 Å². The summed E-state index contributed by atoms with van der Waals surface area (Å²) in [7, 11) is 1.66. The van der Waals surface area contributed by atoms with Crippen LogP contribution < -0.4 is 15.2 Å². The van der Waals surface area contributed by atoms with Gasteiger partial charge in [0, 0.05) is 22.2 Å². The van der Waals surface area contributed by atoms with Gasteiger partial charge in [-0.25, -0.2) is 0 Å². The van der Waals surface area contributed by atoms with Gasteiger partial charge in [0.05, 0.1) is 13.2 Å². The maximum Gasteiger partial charge on any atom is 0.166 e. The van der Waals surface area contributed by atoms with Crippen molar-refractivity contribution in [1.29, 1.82) is 0 Å². The van der Waals surface area contributed by atoms with Gasteiger partial charge in [0.2, 0.25) is 0 Å². The third kappa shape index (κ3) is 3.00. The van der Waals surface area contributed by atoms with E-state index < -0.39 is 0 Å². The first-order valence-electron chi connectivity index (χ1n) is 7.96. The van der Waals surface area contributed by atoms with Gasteiger partial charge in [-0.05, 0) is 38.2 Å². The topological polar surface area (TPSA) is 44.5 Å². The van der Waals surface area contributed by atoms with Gasteiger partial charge in [0.25, 0.3) is 0 Å². The standard InChI is InChI=1S/C17H24ClNO2/c1-20-15-11-12(18)10-14(16(15)21-13-6-5-7-13)17(19)8-3-2-4-9-17/h10-11,13H,2-9,19H2,1H3. The second-order valence-corrected chi connectivity index (χ2v) is 6.81. The lowest BCUT2D eigenvalue weighted by Crippen LogP contribution is -2.39. The third-order valence-electron chi connectivity index (χ3n) is 4.86. The average molecular weight is 310 g/mol. The fraction of sp³-hybridized carbons (Fsp3) is 0.647. The number of hydrogen-bond donors (Lipinski definition) is 1. The molecule has 2 aliphatic carbocycles. The number of benzene rings is 1. The van der Waals surface area contributed by atoms with E-state index in [0.29, 0.717) is 16.9 Å². The minimum atomic E-state index is -0.338. The van der Waals surface area contributed by atoms with Crippen LogP contribution in [0, 0.1) is 0 Å². The Morgan fingerprint density at radius 2 is 1.86 bits per heavy atom. The largest absolute Gasteiger partial charge is 0.493 e. The van der Waals surface area contributed by atoms with Crippen LogP contribution >= 0.6 is 11.6 Å². The summed E-state index contributed by atoms with van der Waals surface area (Å²) in [6.45, 7) is 0. The molecule has 0 aromatic heterocycles. The maximum atomic E-state index is 6.71. The minimum Gasteiger partial charge on any atom is -0.493 e. The van der Waals surface area contributed by atoms with Gasteiger partial charge >= 0.3 is 0 Å². The molecule has 0 amide bonds. The Morgan fingerprint density at radius 3 is 2.43 bits per heavy atom. The minimum absolute atomic E-state index is 0.297. The summed E-state index contributed by atoms with van der Waals surface area (Å²) >= 11 is 6.28. The number of nitrogens with two attached hydrogens (primary N) is 1. The van der Waals surface area contributed by atoms with Crippen molar-refractivity contribution in [2.45, 2.75) is 63.0 Å². The molecule has 2 fully saturated rings. The van der Waals surface area contributed by atoms with E-state index in [1.54, 1.807) is 7.11 Å². The van der Waals surface area contributed by atoms with Crippen LogP contribution in [-0.2, 0) is 5.54 Å². The second kappa shape index (κ2) is 6.05. The number of halogens is 1. The molecule has 4 heteroatoms. The van der Waals surface area contributed by atoms with Crippen molar-refractivity contribution in [1.82, 2.24) is 0 Å². The predicted molar refractivity (Wildman–Crippen MR) is 85.2 cm³/mol. The van der Waals surface area contributed by atoms with E-state index in [1.807, 2.05) is 12.1 Å². The molecule has 0 bridgehead atoms. The van der Waals surface area contributed by atoms with Gasteiger partial charge in [0.15, 0.2) is 11.5 Å². The fourth-order valence-corrected chi connectivity index (χ4v) is 3.53. The highest BCUT2D eigenvalue weighted by atomic mass is 35.5. The smallest absolute Gasteiger partial charge is 0.166 e. The van der Waals surface area contributed by atoms with Gasteiger partial charge in [0.1, 0.15) is 0 Å². The highest BCUT2D eigenvalue weighted by molar-refractivity contribution is 6.30. The SMILES string of the molecule is COc1cc(Cl)cc(C2(N)CCCCC2)c1OC1CCC1. The molecule has 0 radical (unpaired) electrons.